The van der Waals surface area contributed by atoms with Crippen LogP contribution in [0.5, 0.6) is 0 Å². The van der Waals surface area contributed by atoms with Gasteiger partial charge in [-0.15, -0.1) is 0 Å². The summed E-state index contributed by atoms with van der Waals surface area (Å²) >= 11 is 0. The highest BCUT2D eigenvalue weighted by atomic mass is 16.2. The summed E-state index contributed by atoms with van der Waals surface area (Å²) in [5, 5.41) is 3.07. The Kier molecular flexibility index (Phi) is 5.49. The molecule has 1 aromatic rings. The van der Waals surface area contributed by atoms with E-state index in [2.05, 4.69) is 22.3 Å². The lowest BCUT2D eigenvalue weighted by molar-refractivity contribution is -0.123. The highest BCUT2D eigenvalue weighted by Crippen LogP contribution is 2.35. The van der Waals surface area contributed by atoms with Gasteiger partial charge in [0.05, 0.1) is 6.54 Å². The molecule has 2 atom stereocenters. The number of benzene rings is 1. The van der Waals surface area contributed by atoms with Crippen LogP contribution in [0, 0.1) is 11.8 Å². The Morgan fingerprint density at radius 3 is 2.68 bits per heavy atom. The Morgan fingerprint density at radius 1 is 1.09 bits per heavy atom. The van der Waals surface area contributed by atoms with E-state index in [1.807, 2.05) is 18.2 Å². The molecule has 120 valence electrons. The molecular weight excluding hydrogens is 272 g/mol. The molecule has 0 radical (unpaired) electrons. The number of hydrogen-bond donors (Lipinski definition) is 1. The van der Waals surface area contributed by atoms with Crippen molar-refractivity contribution in [1.29, 1.82) is 0 Å². The lowest BCUT2D eigenvalue weighted by Crippen LogP contribution is -2.46. The largest absolute Gasteiger partial charge is 0.355 e. The minimum atomic E-state index is 0.185. The van der Waals surface area contributed by atoms with E-state index in [9.17, 15) is 4.79 Å². The van der Waals surface area contributed by atoms with Crippen molar-refractivity contribution in [2.75, 3.05) is 26.2 Å². The molecule has 1 heterocycles. The summed E-state index contributed by atoms with van der Waals surface area (Å²) in [6, 6.07) is 10.3. The minimum absolute atomic E-state index is 0.185. The lowest BCUT2D eigenvalue weighted by Gasteiger charge is -2.41. The fourth-order valence-corrected chi connectivity index (χ4v) is 4.07. The van der Waals surface area contributed by atoms with Gasteiger partial charge in [-0.1, -0.05) is 49.6 Å². The van der Waals surface area contributed by atoms with Crippen LogP contribution in [0.1, 0.15) is 37.7 Å². The Labute approximate surface area is 134 Å². The molecule has 3 rings (SSSR count). The van der Waals surface area contributed by atoms with Crippen molar-refractivity contribution in [2.45, 2.75) is 38.5 Å². The molecule has 0 unspecified atom stereocenters. The number of carbonyl (C=O) groups is 1. The molecule has 1 aromatic carbocycles. The van der Waals surface area contributed by atoms with Gasteiger partial charge in [-0.25, -0.2) is 0 Å². The highest BCUT2D eigenvalue weighted by molar-refractivity contribution is 5.78. The molecule has 3 nitrogen and oxygen atoms in total. The molecule has 1 amide bonds. The van der Waals surface area contributed by atoms with Crippen LogP contribution in [-0.4, -0.2) is 37.0 Å². The molecule has 22 heavy (non-hydrogen) atoms. The number of amides is 1. The number of nitrogens with zero attached hydrogens (tertiary/aromatic N) is 1. The first-order valence-corrected chi connectivity index (χ1v) is 8.84. The van der Waals surface area contributed by atoms with Crippen molar-refractivity contribution in [1.82, 2.24) is 10.2 Å². The number of hydrogen-bond acceptors (Lipinski definition) is 2. The SMILES string of the molecule is O=C(CN1CC[C@H]2CCCC[C@@H]2C1)NCCc1ccccc1. The standard InChI is InChI=1S/C19H28N2O/c22-19(20-12-10-16-6-2-1-3-7-16)15-21-13-11-17-8-4-5-9-18(17)14-21/h1-3,6-7,17-18H,4-5,8-15H2,(H,20,22)/t17-,18-/m1/s1. The zero-order chi connectivity index (χ0) is 15.2. The quantitative estimate of drug-likeness (QED) is 0.907. The van der Waals surface area contributed by atoms with Gasteiger partial charge in [-0.2, -0.15) is 0 Å². The zero-order valence-electron chi connectivity index (χ0n) is 13.5. The van der Waals surface area contributed by atoms with E-state index in [4.69, 9.17) is 0 Å². The van der Waals surface area contributed by atoms with E-state index in [0.717, 1.165) is 37.9 Å². The second-order valence-electron chi connectivity index (χ2n) is 6.91. The third-order valence-corrected chi connectivity index (χ3v) is 5.32. The number of likely N-dealkylation sites (tertiary alicyclic amines) is 1. The molecule has 2 fully saturated rings. The predicted octanol–water partition coefficient (Wildman–Crippen LogP) is 2.86. The predicted molar refractivity (Wildman–Crippen MR) is 89.7 cm³/mol. The van der Waals surface area contributed by atoms with Crippen LogP contribution in [0.4, 0.5) is 0 Å². The van der Waals surface area contributed by atoms with Crippen LogP contribution in [-0.2, 0) is 11.2 Å². The normalized spacial score (nSPS) is 25.5. The third-order valence-electron chi connectivity index (χ3n) is 5.32. The van der Waals surface area contributed by atoms with Crippen LogP contribution < -0.4 is 5.32 Å². The highest BCUT2D eigenvalue weighted by Gasteiger charge is 2.31. The summed E-state index contributed by atoms with van der Waals surface area (Å²) in [5.41, 5.74) is 1.28. The van der Waals surface area contributed by atoms with E-state index < -0.39 is 0 Å². The van der Waals surface area contributed by atoms with Gasteiger partial charge in [0.1, 0.15) is 0 Å². The maximum Gasteiger partial charge on any atom is 0.234 e. The van der Waals surface area contributed by atoms with Crippen LogP contribution >= 0.6 is 0 Å². The maximum atomic E-state index is 12.1. The second-order valence-corrected chi connectivity index (χ2v) is 6.91. The average Bonchev–Trinajstić information content (AvgIpc) is 2.56. The Bertz CT molecular complexity index is 474. The molecule has 1 aliphatic heterocycles. The van der Waals surface area contributed by atoms with Crippen molar-refractivity contribution >= 4 is 5.91 Å². The number of nitrogens with one attached hydrogen (secondary N) is 1. The Balaban J connectivity index is 1.37. The number of fused-ring (bicyclic) bond motifs is 1. The minimum Gasteiger partial charge on any atom is -0.355 e. The third kappa shape index (κ3) is 4.33. The number of piperidine rings is 1. The van der Waals surface area contributed by atoms with E-state index in [1.54, 1.807) is 0 Å². The zero-order valence-corrected chi connectivity index (χ0v) is 13.5. The lowest BCUT2D eigenvalue weighted by atomic mass is 9.75. The Morgan fingerprint density at radius 2 is 1.86 bits per heavy atom. The average molecular weight is 300 g/mol. The van der Waals surface area contributed by atoms with Gasteiger partial charge in [0, 0.05) is 13.1 Å². The molecule has 0 aromatic heterocycles. The molecular formula is C19H28N2O. The van der Waals surface area contributed by atoms with Crippen molar-refractivity contribution in [3.63, 3.8) is 0 Å². The summed E-state index contributed by atoms with van der Waals surface area (Å²) in [6.07, 6.45) is 7.80. The smallest absolute Gasteiger partial charge is 0.234 e. The first-order valence-electron chi connectivity index (χ1n) is 8.84. The fourth-order valence-electron chi connectivity index (χ4n) is 4.07. The van der Waals surface area contributed by atoms with Crippen molar-refractivity contribution in [3.05, 3.63) is 35.9 Å². The van der Waals surface area contributed by atoms with Crippen molar-refractivity contribution < 1.29 is 4.79 Å². The maximum absolute atomic E-state index is 12.1. The van der Waals surface area contributed by atoms with Crippen molar-refractivity contribution in [2.24, 2.45) is 11.8 Å². The van der Waals surface area contributed by atoms with E-state index >= 15 is 0 Å². The molecule has 1 N–H and O–H groups in total. The van der Waals surface area contributed by atoms with Gasteiger partial charge in [-0.05, 0) is 43.2 Å². The van der Waals surface area contributed by atoms with Crippen molar-refractivity contribution in [3.8, 4) is 0 Å². The molecule has 2 aliphatic rings. The van der Waals surface area contributed by atoms with Gasteiger partial charge < -0.3 is 5.32 Å². The van der Waals surface area contributed by atoms with E-state index in [1.165, 1.54) is 37.7 Å². The number of rotatable bonds is 5. The first kappa shape index (κ1) is 15.5. The van der Waals surface area contributed by atoms with E-state index in [0.29, 0.717) is 6.54 Å². The summed E-state index contributed by atoms with van der Waals surface area (Å²) in [4.78, 5) is 14.5. The van der Waals surface area contributed by atoms with Crippen LogP contribution in [0.25, 0.3) is 0 Å². The van der Waals surface area contributed by atoms with Gasteiger partial charge in [0.15, 0.2) is 0 Å². The molecule has 1 aliphatic carbocycles. The summed E-state index contributed by atoms with van der Waals surface area (Å²) < 4.78 is 0. The van der Waals surface area contributed by atoms with E-state index in [-0.39, 0.29) is 5.91 Å². The second kappa shape index (κ2) is 7.77. The first-order chi connectivity index (χ1) is 10.8. The molecule has 0 spiro atoms. The van der Waals surface area contributed by atoms with Gasteiger partial charge in [0.25, 0.3) is 0 Å². The monoisotopic (exact) mass is 300 g/mol. The van der Waals surface area contributed by atoms with Gasteiger partial charge >= 0.3 is 0 Å². The Hall–Kier alpha value is -1.35. The van der Waals surface area contributed by atoms with Crippen LogP contribution in [0.3, 0.4) is 0 Å². The van der Waals surface area contributed by atoms with Gasteiger partial charge in [0.2, 0.25) is 5.91 Å². The molecule has 1 saturated heterocycles. The fraction of sp³-hybridized carbons (Fsp3) is 0.632. The van der Waals surface area contributed by atoms with Gasteiger partial charge in [-0.3, -0.25) is 9.69 Å². The summed E-state index contributed by atoms with van der Waals surface area (Å²) in [7, 11) is 0. The van der Waals surface area contributed by atoms with Crippen LogP contribution in [0.2, 0.25) is 0 Å². The number of carbonyl (C=O) groups excluding carboxylic acids is 1. The molecule has 0 bridgehead atoms. The summed E-state index contributed by atoms with van der Waals surface area (Å²) in [6.45, 7) is 3.56. The summed E-state index contributed by atoms with van der Waals surface area (Å²) in [5.74, 6) is 1.97. The molecule has 3 heteroatoms. The molecule has 1 saturated carbocycles. The topological polar surface area (TPSA) is 32.3 Å². The van der Waals surface area contributed by atoms with Crippen LogP contribution in [0.15, 0.2) is 30.3 Å².